The highest BCUT2D eigenvalue weighted by atomic mass is 35.5. The Bertz CT molecular complexity index is 873. The topological polar surface area (TPSA) is 75.3 Å². The molecule has 10 heteroatoms. The molecule has 3 aromatic rings. The summed E-state index contributed by atoms with van der Waals surface area (Å²) >= 11 is 5.59. The van der Waals surface area contributed by atoms with Crippen molar-refractivity contribution < 1.29 is 18.3 Å². The number of nitrogens with one attached hydrogen (secondary N) is 1. The molecule has 1 aromatic carbocycles. The summed E-state index contributed by atoms with van der Waals surface area (Å²) in [5, 5.41) is 23.7. The van der Waals surface area contributed by atoms with E-state index in [0.29, 0.717) is 5.56 Å². The minimum atomic E-state index is -2.81. The van der Waals surface area contributed by atoms with Crippen LogP contribution in [0.3, 0.4) is 0 Å². The van der Waals surface area contributed by atoms with Crippen LogP contribution in [0.4, 0.5) is 19.0 Å². The van der Waals surface area contributed by atoms with Crippen LogP contribution in [0.15, 0.2) is 30.3 Å². The molecular formula is C14H11ClF3N5O. The van der Waals surface area contributed by atoms with Crippen molar-refractivity contribution in [3.05, 3.63) is 52.6 Å². The van der Waals surface area contributed by atoms with Gasteiger partial charge in [-0.15, -0.1) is 15.3 Å². The predicted octanol–water partition coefficient (Wildman–Crippen LogP) is 3.00. The third kappa shape index (κ3) is 3.26. The Morgan fingerprint density at radius 1 is 1.21 bits per heavy atom. The number of fused-ring (bicyclic) bond motifs is 1. The number of anilines is 1. The van der Waals surface area contributed by atoms with Crippen LogP contribution in [0.1, 0.15) is 23.9 Å². The first-order valence-electron chi connectivity index (χ1n) is 6.83. The maximum absolute atomic E-state index is 13.4. The van der Waals surface area contributed by atoms with Gasteiger partial charge in [-0.1, -0.05) is 17.7 Å². The first kappa shape index (κ1) is 16.5. The fourth-order valence-corrected chi connectivity index (χ4v) is 2.19. The van der Waals surface area contributed by atoms with E-state index >= 15 is 0 Å². The number of halogens is 4. The normalized spacial score (nSPS) is 12.8. The van der Waals surface area contributed by atoms with Crippen molar-refractivity contribution in [3.63, 3.8) is 0 Å². The van der Waals surface area contributed by atoms with E-state index in [4.69, 9.17) is 11.6 Å². The van der Waals surface area contributed by atoms with Gasteiger partial charge in [-0.05, 0) is 29.8 Å². The van der Waals surface area contributed by atoms with E-state index < -0.39 is 24.2 Å². The molecule has 126 valence electrons. The van der Waals surface area contributed by atoms with Crippen molar-refractivity contribution >= 4 is 23.1 Å². The molecule has 0 saturated heterocycles. The van der Waals surface area contributed by atoms with Gasteiger partial charge in [0, 0.05) is 6.54 Å². The molecule has 0 bridgehead atoms. The Labute approximate surface area is 138 Å². The smallest absolute Gasteiger partial charge is 0.299 e. The van der Waals surface area contributed by atoms with Crippen LogP contribution in [0.25, 0.3) is 5.65 Å². The molecule has 0 fully saturated rings. The number of rotatable bonds is 5. The summed E-state index contributed by atoms with van der Waals surface area (Å²) in [4.78, 5) is 0. The molecule has 0 spiro atoms. The zero-order valence-electron chi connectivity index (χ0n) is 12.0. The Morgan fingerprint density at radius 3 is 2.71 bits per heavy atom. The molecule has 1 atom stereocenters. The highest BCUT2D eigenvalue weighted by molar-refractivity contribution is 6.30. The largest absolute Gasteiger partial charge is 0.387 e. The standard InChI is InChI=1S/C14H11ClF3N5O/c15-8-2-1-7(5-9(8)16)10(24)6-19-11-3-4-12-20-21-14(13(17)18)23(12)22-11/h1-5,10,13,24H,6H2,(H,19,22). The summed E-state index contributed by atoms with van der Waals surface area (Å²) in [6, 6.07) is 6.92. The van der Waals surface area contributed by atoms with Crippen LogP contribution >= 0.6 is 11.6 Å². The fourth-order valence-electron chi connectivity index (χ4n) is 2.07. The highest BCUT2D eigenvalue weighted by Crippen LogP contribution is 2.21. The second-order valence-corrected chi connectivity index (χ2v) is 5.32. The van der Waals surface area contributed by atoms with Crippen LogP contribution in [0.2, 0.25) is 5.02 Å². The van der Waals surface area contributed by atoms with Crippen LogP contribution in [-0.2, 0) is 0 Å². The molecule has 0 amide bonds. The minimum absolute atomic E-state index is 0.00822. The van der Waals surface area contributed by atoms with Crippen molar-refractivity contribution in [1.29, 1.82) is 0 Å². The van der Waals surface area contributed by atoms with Gasteiger partial charge in [-0.2, -0.15) is 4.52 Å². The van der Waals surface area contributed by atoms with E-state index in [1.165, 1.54) is 24.3 Å². The van der Waals surface area contributed by atoms with Gasteiger partial charge in [0.2, 0.25) is 5.82 Å². The van der Waals surface area contributed by atoms with Gasteiger partial charge < -0.3 is 10.4 Å². The zero-order chi connectivity index (χ0) is 17.3. The van der Waals surface area contributed by atoms with Gasteiger partial charge in [0.05, 0.1) is 11.1 Å². The summed E-state index contributed by atoms with van der Waals surface area (Å²) < 4.78 is 39.9. The van der Waals surface area contributed by atoms with Gasteiger partial charge in [-0.3, -0.25) is 0 Å². The number of hydrogen-bond acceptors (Lipinski definition) is 5. The van der Waals surface area contributed by atoms with Crippen LogP contribution in [0, 0.1) is 5.82 Å². The molecule has 0 saturated carbocycles. The van der Waals surface area contributed by atoms with Gasteiger partial charge >= 0.3 is 0 Å². The number of aromatic nitrogens is 4. The fraction of sp³-hybridized carbons (Fsp3) is 0.214. The molecule has 0 aliphatic carbocycles. The molecule has 2 N–H and O–H groups in total. The van der Waals surface area contributed by atoms with Crippen molar-refractivity contribution in [2.24, 2.45) is 0 Å². The van der Waals surface area contributed by atoms with Crippen molar-refractivity contribution in [3.8, 4) is 0 Å². The summed E-state index contributed by atoms with van der Waals surface area (Å²) in [6.07, 6.45) is -3.85. The molecule has 3 rings (SSSR count). The van der Waals surface area contributed by atoms with Gasteiger partial charge in [0.25, 0.3) is 6.43 Å². The number of benzene rings is 1. The Morgan fingerprint density at radius 2 is 2.00 bits per heavy atom. The summed E-state index contributed by atoms with van der Waals surface area (Å²) in [6.45, 7) is -0.00822. The molecule has 2 aromatic heterocycles. The summed E-state index contributed by atoms with van der Waals surface area (Å²) in [5.74, 6) is -0.981. The second kappa shape index (κ2) is 6.62. The maximum atomic E-state index is 13.4. The third-order valence-electron chi connectivity index (χ3n) is 3.29. The lowest BCUT2D eigenvalue weighted by molar-refractivity contribution is 0.137. The predicted molar refractivity (Wildman–Crippen MR) is 80.6 cm³/mol. The third-order valence-corrected chi connectivity index (χ3v) is 3.59. The van der Waals surface area contributed by atoms with E-state index in [1.807, 2.05) is 0 Å². The van der Waals surface area contributed by atoms with Crippen molar-refractivity contribution in [2.75, 3.05) is 11.9 Å². The molecule has 0 aliphatic rings. The lowest BCUT2D eigenvalue weighted by Crippen LogP contribution is -2.14. The number of nitrogens with zero attached hydrogens (tertiary/aromatic N) is 4. The monoisotopic (exact) mass is 357 g/mol. The quantitative estimate of drug-likeness (QED) is 0.734. The molecular weight excluding hydrogens is 347 g/mol. The first-order chi connectivity index (χ1) is 11.5. The molecule has 2 heterocycles. The average Bonchev–Trinajstić information content (AvgIpc) is 2.98. The van der Waals surface area contributed by atoms with Crippen molar-refractivity contribution in [2.45, 2.75) is 12.5 Å². The molecule has 6 nitrogen and oxygen atoms in total. The summed E-state index contributed by atoms with van der Waals surface area (Å²) in [5.41, 5.74) is 0.499. The number of aliphatic hydroxyl groups excluding tert-OH is 1. The van der Waals surface area contributed by atoms with Crippen LogP contribution in [0.5, 0.6) is 0 Å². The maximum Gasteiger partial charge on any atom is 0.299 e. The second-order valence-electron chi connectivity index (χ2n) is 4.92. The molecule has 0 aliphatic heterocycles. The average molecular weight is 358 g/mol. The van der Waals surface area contributed by atoms with E-state index in [2.05, 4.69) is 20.6 Å². The van der Waals surface area contributed by atoms with Crippen LogP contribution < -0.4 is 5.32 Å². The van der Waals surface area contributed by atoms with Crippen LogP contribution in [-0.4, -0.2) is 31.5 Å². The van der Waals surface area contributed by atoms with E-state index in [9.17, 15) is 18.3 Å². The lowest BCUT2D eigenvalue weighted by Gasteiger charge is -2.13. The van der Waals surface area contributed by atoms with Crippen molar-refractivity contribution in [1.82, 2.24) is 19.8 Å². The highest BCUT2D eigenvalue weighted by Gasteiger charge is 2.17. The minimum Gasteiger partial charge on any atom is -0.387 e. The molecule has 0 radical (unpaired) electrons. The number of aliphatic hydroxyl groups is 1. The first-order valence-corrected chi connectivity index (χ1v) is 7.21. The number of alkyl halides is 2. The number of hydrogen-bond donors (Lipinski definition) is 2. The van der Waals surface area contributed by atoms with Gasteiger partial charge in [0.15, 0.2) is 5.65 Å². The van der Waals surface area contributed by atoms with E-state index in [-0.39, 0.29) is 23.0 Å². The van der Waals surface area contributed by atoms with Gasteiger partial charge in [-0.25, -0.2) is 13.2 Å². The zero-order valence-corrected chi connectivity index (χ0v) is 12.8. The molecule has 24 heavy (non-hydrogen) atoms. The lowest BCUT2D eigenvalue weighted by atomic mass is 10.1. The Hall–Kier alpha value is -2.39. The van der Waals surface area contributed by atoms with Gasteiger partial charge in [0.1, 0.15) is 11.6 Å². The van der Waals surface area contributed by atoms with E-state index in [1.54, 1.807) is 0 Å². The Kier molecular flexibility index (Phi) is 4.54. The SMILES string of the molecule is OC(CNc1ccc2nnc(C(F)F)n2n1)c1ccc(Cl)c(F)c1. The molecule has 1 unspecified atom stereocenters. The summed E-state index contributed by atoms with van der Waals surface area (Å²) in [7, 11) is 0. The Balaban J connectivity index is 1.75. The van der Waals surface area contributed by atoms with E-state index in [0.717, 1.165) is 10.6 Å².